The van der Waals surface area contributed by atoms with E-state index < -0.39 is 0 Å². The normalized spacial score (nSPS) is 10.3. The fraction of sp³-hybridized carbons (Fsp3) is 0.176. The van der Waals surface area contributed by atoms with E-state index in [-0.39, 0.29) is 17.1 Å². The molecule has 2 aromatic carbocycles. The Labute approximate surface area is 154 Å². The van der Waals surface area contributed by atoms with Crippen molar-refractivity contribution in [2.75, 3.05) is 5.32 Å². The molecule has 6 heteroatoms. The van der Waals surface area contributed by atoms with Crippen LogP contribution in [-0.4, -0.2) is 17.1 Å². The summed E-state index contributed by atoms with van der Waals surface area (Å²) in [7, 11) is 0. The Balaban J connectivity index is 1.94. The Bertz CT molecular complexity index is 702. The largest absolute Gasteiger partial charge is 0.491 e. The van der Waals surface area contributed by atoms with Crippen molar-refractivity contribution in [3.05, 3.63) is 57.7 Å². The van der Waals surface area contributed by atoms with Crippen LogP contribution in [0.15, 0.2) is 48.5 Å². The number of carbonyl (C=O) groups excluding carboxylic acids is 1. The second kappa shape index (κ2) is 8.26. The standard InChI is InChI=1S/C17H17IN2O2S/c1-11(2)22-13-9-7-12(8-10-13)19-17(23)20-16(21)14-5-3-4-6-15(14)18/h3-11H,1-2H3,(H2,19,20,21,23). The number of hydrogen-bond acceptors (Lipinski definition) is 3. The number of amides is 1. The van der Waals surface area contributed by atoms with Crippen LogP contribution in [-0.2, 0) is 0 Å². The van der Waals surface area contributed by atoms with Gasteiger partial charge in [-0.3, -0.25) is 10.1 Å². The van der Waals surface area contributed by atoms with Gasteiger partial charge in [0.15, 0.2) is 5.11 Å². The van der Waals surface area contributed by atoms with Gasteiger partial charge in [-0.25, -0.2) is 0 Å². The fourth-order valence-corrected chi connectivity index (χ4v) is 2.71. The number of benzene rings is 2. The minimum absolute atomic E-state index is 0.127. The van der Waals surface area contributed by atoms with Gasteiger partial charge in [0.2, 0.25) is 0 Å². The van der Waals surface area contributed by atoms with Gasteiger partial charge in [0, 0.05) is 9.26 Å². The van der Waals surface area contributed by atoms with Crippen molar-refractivity contribution in [3.8, 4) is 5.75 Å². The third-order valence-electron chi connectivity index (χ3n) is 2.83. The zero-order chi connectivity index (χ0) is 16.8. The topological polar surface area (TPSA) is 50.4 Å². The molecule has 2 aromatic rings. The average Bonchev–Trinajstić information content (AvgIpc) is 2.49. The second-order valence-electron chi connectivity index (χ2n) is 5.08. The maximum atomic E-state index is 12.2. The SMILES string of the molecule is CC(C)Oc1ccc(NC(=S)NC(=O)c2ccccc2I)cc1. The summed E-state index contributed by atoms with van der Waals surface area (Å²) in [6, 6.07) is 14.7. The highest BCUT2D eigenvalue weighted by Crippen LogP contribution is 2.17. The van der Waals surface area contributed by atoms with Crippen molar-refractivity contribution in [1.29, 1.82) is 0 Å². The third-order valence-corrected chi connectivity index (χ3v) is 3.97. The van der Waals surface area contributed by atoms with Crippen LogP contribution in [0.25, 0.3) is 0 Å². The minimum atomic E-state index is -0.229. The van der Waals surface area contributed by atoms with Crippen LogP contribution in [0.3, 0.4) is 0 Å². The van der Waals surface area contributed by atoms with E-state index in [1.54, 1.807) is 6.07 Å². The first kappa shape index (κ1) is 17.7. The molecule has 0 saturated carbocycles. The van der Waals surface area contributed by atoms with Gasteiger partial charge in [-0.2, -0.15) is 0 Å². The molecular formula is C17H17IN2O2S. The maximum Gasteiger partial charge on any atom is 0.258 e. The van der Waals surface area contributed by atoms with E-state index in [0.717, 1.165) is 15.0 Å². The zero-order valence-corrected chi connectivity index (χ0v) is 15.8. The summed E-state index contributed by atoms with van der Waals surface area (Å²) >= 11 is 7.30. The van der Waals surface area contributed by atoms with E-state index in [0.29, 0.717) is 5.56 Å². The molecule has 0 atom stereocenters. The molecule has 1 amide bonds. The Kier molecular flexibility index (Phi) is 6.35. The van der Waals surface area contributed by atoms with Crippen molar-refractivity contribution in [1.82, 2.24) is 5.32 Å². The van der Waals surface area contributed by atoms with Crippen LogP contribution >= 0.6 is 34.8 Å². The molecule has 0 bridgehead atoms. The van der Waals surface area contributed by atoms with Gasteiger partial charge >= 0.3 is 0 Å². The first-order valence-electron chi connectivity index (χ1n) is 7.09. The molecule has 0 unspecified atom stereocenters. The Morgan fingerprint density at radius 3 is 2.39 bits per heavy atom. The second-order valence-corrected chi connectivity index (χ2v) is 6.65. The van der Waals surface area contributed by atoms with Crippen LogP contribution in [0, 0.1) is 3.57 Å². The number of ether oxygens (including phenoxy) is 1. The summed E-state index contributed by atoms with van der Waals surface area (Å²) in [5, 5.41) is 5.92. The molecule has 120 valence electrons. The van der Waals surface area contributed by atoms with E-state index >= 15 is 0 Å². The van der Waals surface area contributed by atoms with Crippen molar-refractivity contribution >= 4 is 51.5 Å². The lowest BCUT2D eigenvalue weighted by atomic mass is 10.2. The Morgan fingerprint density at radius 1 is 1.13 bits per heavy atom. The molecule has 0 aliphatic rings. The molecule has 2 N–H and O–H groups in total. The van der Waals surface area contributed by atoms with Crippen LogP contribution in [0.4, 0.5) is 5.69 Å². The smallest absolute Gasteiger partial charge is 0.258 e. The number of thiocarbonyl (C=S) groups is 1. The van der Waals surface area contributed by atoms with Gasteiger partial charge in [0.1, 0.15) is 5.75 Å². The predicted molar refractivity (Wildman–Crippen MR) is 105 cm³/mol. The highest BCUT2D eigenvalue weighted by molar-refractivity contribution is 14.1. The number of anilines is 1. The maximum absolute atomic E-state index is 12.2. The van der Waals surface area contributed by atoms with Crippen molar-refractivity contribution in [2.24, 2.45) is 0 Å². The van der Waals surface area contributed by atoms with Crippen LogP contribution in [0.2, 0.25) is 0 Å². The van der Waals surface area contributed by atoms with Crippen molar-refractivity contribution in [2.45, 2.75) is 20.0 Å². The lowest BCUT2D eigenvalue weighted by Gasteiger charge is -2.12. The Hall–Kier alpha value is -1.67. The summed E-state index contributed by atoms with van der Waals surface area (Å²) < 4.78 is 6.45. The molecule has 0 spiro atoms. The summed E-state index contributed by atoms with van der Waals surface area (Å²) in [5.74, 6) is 0.562. The minimum Gasteiger partial charge on any atom is -0.491 e. The van der Waals surface area contributed by atoms with Crippen LogP contribution in [0.5, 0.6) is 5.75 Å². The van der Waals surface area contributed by atoms with Crippen LogP contribution in [0.1, 0.15) is 24.2 Å². The molecule has 0 aliphatic carbocycles. The van der Waals surface area contributed by atoms with Gasteiger partial charge < -0.3 is 10.1 Å². The summed E-state index contributed by atoms with van der Waals surface area (Å²) in [6.07, 6.45) is 0.127. The van der Waals surface area contributed by atoms with E-state index in [4.69, 9.17) is 17.0 Å². The number of nitrogens with one attached hydrogen (secondary N) is 2. The quantitative estimate of drug-likeness (QED) is 0.553. The number of carbonyl (C=O) groups is 1. The van der Waals surface area contributed by atoms with Crippen molar-refractivity contribution in [3.63, 3.8) is 0 Å². The van der Waals surface area contributed by atoms with E-state index in [9.17, 15) is 4.79 Å². The highest BCUT2D eigenvalue weighted by Gasteiger charge is 2.10. The Morgan fingerprint density at radius 2 is 1.78 bits per heavy atom. The van der Waals surface area contributed by atoms with Gasteiger partial charge in [-0.15, -0.1) is 0 Å². The fourth-order valence-electron chi connectivity index (χ4n) is 1.87. The van der Waals surface area contributed by atoms with Gasteiger partial charge in [0.05, 0.1) is 11.7 Å². The molecule has 0 radical (unpaired) electrons. The zero-order valence-electron chi connectivity index (χ0n) is 12.8. The van der Waals surface area contributed by atoms with Gasteiger partial charge in [-0.1, -0.05) is 12.1 Å². The molecule has 0 heterocycles. The number of rotatable bonds is 4. The molecule has 4 nitrogen and oxygen atoms in total. The average molecular weight is 440 g/mol. The molecule has 0 saturated heterocycles. The van der Waals surface area contributed by atoms with Gasteiger partial charge in [0.25, 0.3) is 5.91 Å². The molecule has 23 heavy (non-hydrogen) atoms. The summed E-state index contributed by atoms with van der Waals surface area (Å²) in [4.78, 5) is 12.2. The first-order chi connectivity index (χ1) is 11.0. The highest BCUT2D eigenvalue weighted by atomic mass is 127. The monoisotopic (exact) mass is 440 g/mol. The summed E-state index contributed by atoms with van der Waals surface area (Å²) in [6.45, 7) is 3.95. The van der Waals surface area contributed by atoms with E-state index in [1.807, 2.05) is 56.3 Å². The lowest BCUT2D eigenvalue weighted by molar-refractivity contribution is 0.0977. The number of hydrogen-bond donors (Lipinski definition) is 2. The predicted octanol–water partition coefficient (Wildman–Crippen LogP) is 4.21. The summed E-state index contributed by atoms with van der Waals surface area (Å²) in [5.41, 5.74) is 1.38. The molecule has 0 aliphatic heterocycles. The van der Waals surface area contributed by atoms with E-state index in [2.05, 4.69) is 33.2 Å². The lowest BCUT2D eigenvalue weighted by Crippen LogP contribution is -2.34. The van der Waals surface area contributed by atoms with Gasteiger partial charge in [-0.05, 0) is 85.1 Å². The first-order valence-corrected chi connectivity index (χ1v) is 8.58. The number of halogens is 1. The molecule has 2 rings (SSSR count). The van der Waals surface area contributed by atoms with Crippen LogP contribution < -0.4 is 15.4 Å². The molecule has 0 aromatic heterocycles. The van der Waals surface area contributed by atoms with E-state index in [1.165, 1.54) is 0 Å². The third kappa shape index (κ3) is 5.47. The molecule has 0 fully saturated rings. The molecular weight excluding hydrogens is 423 g/mol. The van der Waals surface area contributed by atoms with Crippen molar-refractivity contribution < 1.29 is 9.53 Å².